The molecule has 0 heterocycles. The molecule has 1 aromatic carbocycles. The van der Waals surface area contributed by atoms with Crippen LogP contribution in [-0.2, 0) is 4.65 Å². The van der Waals surface area contributed by atoms with Crippen molar-refractivity contribution in [2.24, 2.45) is 5.41 Å². The van der Waals surface area contributed by atoms with E-state index in [0.29, 0.717) is 14.1 Å². The first-order valence-electron chi connectivity index (χ1n) is 5.06. The highest BCUT2D eigenvalue weighted by Crippen LogP contribution is 2.12. The number of rotatable bonds is 5. The molecule has 0 aliphatic heterocycles. The predicted molar refractivity (Wildman–Crippen MR) is 64.5 cm³/mol. The van der Waals surface area contributed by atoms with Crippen molar-refractivity contribution in [3.8, 4) is 0 Å². The van der Waals surface area contributed by atoms with Crippen molar-refractivity contribution in [3.63, 3.8) is 0 Å². The van der Waals surface area contributed by atoms with Gasteiger partial charge in [-0.15, -0.1) is 0 Å². The predicted octanol–water partition coefficient (Wildman–Crippen LogP) is 0.281. The molecule has 0 aliphatic carbocycles. The van der Waals surface area contributed by atoms with E-state index in [4.69, 9.17) is 15.5 Å². The van der Waals surface area contributed by atoms with Gasteiger partial charge in [0, 0.05) is 17.7 Å². The number of benzene rings is 1. The van der Waals surface area contributed by atoms with Gasteiger partial charge in [-0.05, 0) is 12.1 Å². The zero-order chi connectivity index (χ0) is 11.3. The molecule has 0 unspecified atom stereocenters. The van der Waals surface area contributed by atoms with Gasteiger partial charge in [0.15, 0.2) is 0 Å². The molecule has 0 saturated carbocycles. The van der Waals surface area contributed by atoms with Gasteiger partial charge in [0.2, 0.25) is 0 Å². The van der Waals surface area contributed by atoms with E-state index in [-0.39, 0.29) is 12.0 Å². The number of anilines is 1. The molecular formula is C11H18BNO2. The fourth-order valence-electron chi connectivity index (χ4n) is 1.17. The zero-order valence-electron chi connectivity index (χ0n) is 9.36. The zero-order valence-corrected chi connectivity index (χ0v) is 9.36. The maximum absolute atomic E-state index is 9.04. The summed E-state index contributed by atoms with van der Waals surface area (Å²) in [4.78, 5) is 0. The Balaban J connectivity index is 2.38. The Hall–Kier alpha value is -0.995. The third-order valence-corrected chi connectivity index (χ3v) is 2.14. The molecule has 3 nitrogen and oxygen atoms in total. The molecule has 0 fully saturated rings. The Morgan fingerprint density at radius 3 is 2.80 bits per heavy atom. The van der Waals surface area contributed by atoms with E-state index in [0.717, 1.165) is 11.2 Å². The van der Waals surface area contributed by atoms with Crippen molar-refractivity contribution in [1.29, 1.82) is 0 Å². The molecule has 82 valence electrons. The minimum atomic E-state index is -0.180. The van der Waals surface area contributed by atoms with Crippen molar-refractivity contribution in [2.75, 3.05) is 18.9 Å². The van der Waals surface area contributed by atoms with Crippen LogP contribution in [-0.4, -0.2) is 25.8 Å². The molecular weight excluding hydrogens is 189 g/mol. The highest BCUT2D eigenvalue weighted by atomic mass is 16.4. The first-order valence-corrected chi connectivity index (χ1v) is 5.06. The van der Waals surface area contributed by atoms with Crippen LogP contribution >= 0.6 is 0 Å². The second-order valence-electron chi connectivity index (χ2n) is 4.56. The molecule has 0 saturated heterocycles. The molecule has 4 heteroatoms. The molecule has 0 aliphatic rings. The number of aliphatic hydroxyl groups excluding tert-OH is 1. The maximum Gasteiger partial charge on any atom is 0.308 e. The largest absolute Gasteiger partial charge is 0.434 e. The minimum absolute atomic E-state index is 0.129. The quantitative estimate of drug-likeness (QED) is 0.538. The normalized spacial score (nSPS) is 11.4. The molecule has 1 aromatic rings. The van der Waals surface area contributed by atoms with E-state index in [1.807, 2.05) is 38.1 Å². The summed E-state index contributed by atoms with van der Waals surface area (Å²) < 4.78 is 5.51. The molecule has 0 radical (unpaired) electrons. The number of nitrogen functional groups attached to an aromatic ring is 1. The SMILES string of the molecule is CC(C)(CO)COBc1cccc(N)c1. The summed E-state index contributed by atoms with van der Waals surface area (Å²) in [5, 5.41) is 9.04. The average Bonchev–Trinajstić information content (AvgIpc) is 2.18. The maximum atomic E-state index is 9.04. The van der Waals surface area contributed by atoms with Crippen LogP contribution in [0.5, 0.6) is 0 Å². The fraction of sp³-hybridized carbons (Fsp3) is 0.455. The summed E-state index contributed by atoms with van der Waals surface area (Å²) in [6.45, 7) is 4.60. The lowest BCUT2D eigenvalue weighted by atomic mass is 9.86. The second kappa shape index (κ2) is 5.19. The number of hydrogen-bond donors (Lipinski definition) is 2. The number of aliphatic hydroxyl groups is 1. The van der Waals surface area contributed by atoms with Gasteiger partial charge in [-0.25, -0.2) is 0 Å². The highest BCUT2D eigenvalue weighted by Gasteiger charge is 2.16. The lowest BCUT2D eigenvalue weighted by Gasteiger charge is -2.21. The van der Waals surface area contributed by atoms with Gasteiger partial charge < -0.3 is 15.5 Å². The molecule has 0 aromatic heterocycles. The Morgan fingerprint density at radius 1 is 1.47 bits per heavy atom. The molecule has 0 atom stereocenters. The summed E-state index contributed by atoms with van der Waals surface area (Å²) in [5.74, 6) is 0. The Bertz CT molecular complexity index is 315. The van der Waals surface area contributed by atoms with Crippen molar-refractivity contribution >= 4 is 18.6 Å². The summed E-state index contributed by atoms with van der Waals surface area (Å²) in [6, 6.07) is 7.63. The fourth-order valence-corrected chi connectivity index (χ4v) is 1.17. The lowest BCUT2D eigenvalue weighted by molar-refractivity contribution is 0.101. The van der Waals surface area contributed by atoms with Gasteiger partial charge in [0.05, 0.1) is 6.61 Å². The Kier molecular flexibility index (Phi) is 4.18. The van der Waals surface area contributed by atoms with Gasteiger partial charge in [-0.3, -0.25) is 0 Å². The molecule has 0 spiro atoms. The van der Waals surface area contributed by atoms with E-state index < -0.39 is 0 Å². The van der Waals surface area contributed by atoms with E-state index >= 15 is 0 Å². The van der Waals surface area contributed by atoms with Gasteiger partial charge in [-0.2, -0.15) is 0 Å². The van der Waals surface area contributed by atoms with Gasteiger partial charge in [-0.1, -0.05) is 31.4 Å². The minimum Gasteiger partial charge on any atom is -0.434 e. The van der Waals surface area contributed by atoms with Crippen LogP contribution in [0.15, 0.2) is 24.3 Å². The van der Waals surface area contributed by atoms with Crippen LogP contribution in [0, 0.1) is 5.41 Å². The Labute approximate surface area is 91.5 Å². The van der Waals surface area contributed by atoms with Crippen molar-refractivity contribution in [3.05, 3.63) is 24.3 Å². The number of nitrogens with two attached hydrogens (primary N) is 1. The summed E-state index contributed by atoms with van der Waals surface area (Å²) in [7, 11) is 0.536. The third-order valence-electron chi connectivity index (χ3n) is 2.14. The molecule has 0 bridgehead atoms. The van der Waals surface area contributed by atoms with Gasteiger partial charge >= 0.3 is 7.48 Å². The van der Waals surface area contributed by atoms with E-state index in [9.17, 15) is 0 Å². The standard InChI is InChI=1S/C11H18BNO2/c1-11(2,7-14)8-15-12-9-4-3-5-10(13)6-9/h3-6,12,14H,7-8,13H2,1-2H3. The van der Waals surface area contributed by atoms with Gasteiger partial charge in [0.25, 0.3) is 0 Å². The topological polar surface area (TPSA) is 55.5 Å². The molecule has 15 heavy (non-hydrogen) atoms. The van der Waals surface area contributed by atoms with E-state index in [2.05, 4.69) is 0 Å². The third kappa shape index (κ3) is 4.36. The van der Waals surface area contributed by atoms with Crippen LogP contribution in [0.25, 0.3) is 0 Å². The summed E-state index contributed by atoms with van der Waals surface area (Å²) in [5.41, 5.74) is 7.27. The van der Waals surface area contributed by atoms with Crippen molar-refractivity contribution < 1.29 is 9.76 Å². The van der Waals surface area contributed by atoms with E-state index in [1.165, 1.54) is 0 Å². The highest BCUT2D eigenvalue weighted by molar-refractivity contribution is 6.47. The summed E-state index contributed by atoms with van der Waals surface area (Å²) in [6.07, 6.45) is 0. The monoisotopic (exact) mass is 207 g/mol. The van der Waals surface area contributed by atoms with Crippen LogP contribution in [0.2, 0.25) is 0 Å². The van der Waals surface area contributed by atoms with Crippen molar-refractivity contribution in [2.45, 2.75) is 13.8 Å². The van der Waals surface area contributed by atoms with Crippen molar-refractivity contribution in [1.82, 2.24) is 0 Å². The molecule has 3 N–H and O–H groups in total. The Morgan fingerprint density at radius 2 is 2.20 bits per heavy atom. The van der Waals surface area contributed by atoms with Gasteiger partial charge in [0.1, 0.15) is 0 Å². The van der Waals surface area contributed by atoms with Crippen LogP contribution in [0.3, 0.4) is 0 Å². The van der Waals surface area contributed by atoms with Crippen LogP contribution < -0.4 is 11.2 Å². The van der Waals surface area contributed by atoms with Crippen LogP contribution in [0.4, 0.5) is 5.69 Å². The lowest BCUT2D eigenvalue weighted by Crippen LogP contribution is -2.28. The average molecular weight is 207 g/mol. The van der Waals surface area contributed by atoms with E-state index in [1.54, 1.807) is 0 Å². The number of hydrogen-bond acceptors (Lipinski definition) is 3. The molecule has 1 rings (SSSR count). The summed E-state index contributed by atoms with van der Waals surface area (Å²) >= 11 is 0. The first-order chi connectivity index (χ1) is 7.03. The first kappa shape index (κ1) is 12.1. The molecule has 0 amide bonds. The second-order valence-corrected chi connectivity index (χ2v) is 4.56. The smallest absolute Gasteiger partial charge is 0.308 e. The van der Waals surface area contributed by atoms with Crippen LogP contribution in [0.1, 0.15) is 13.8 Å².